The minimum atomic E-state index is 0.0422. The van der Waals surface area contributed by atoms with Gasteiger partial charge in [-0.3, -0.25) is 9.69 Å². The number of carbonyl (C=O) groups excluding carboxylic acids is 1. The van der Waals surface area contributed by atoms with Crippen molar-refractivity contribution in [1.82, 2.24) is 15.1 Å². The van der Waals surface area contributed by atoms with Crippen LogP contribution in [0.3, 0.4) is 0 Å². The molecule has 1 saturated heterocycles. The number of nitrogens with zero attached hydrogens (tertiary/aromatic N) is 2. The SMILES string of the molecule is CNCC1C(=O)N(C)CCCN1C1CCCCCC1. The van der Waals surface area contributed by atoms with Crippen LogP contribution in [0.2, 0.25) is 0 Å². The molecule has 0 bridgehead atoms. The first-order valence-electron chi connectivity index (χ1n) is 7.89. The quantitative estimate of drug-likeness (QED) is 0.786. The molecule has 1 aliphatic heterocycles. The summed E-state index contributed by atoms with van der Waals surface area (Å²) in [6, 6.07) is 0.664. The van der Waals surface area contributed by atoms with Crippen LogP contribution < -0.4 is 5.32 Å². The van der Waals surface area contributed by atoms with Crippen LogP contribution in [0.15, 0.2) is 0 Å². The lowest BCUT2D eigenvalue weighted by Crippen LogP contribution is -2.53. The van der Waals surface area contributed by atoms with Gasteiger partial charge in [0.15, 0.2) is 0 Å². The maximum Gasteiger partial charge on any atom is 0.240 e. The van der Waals surface area contributed by atoms with E-state index in [-0.39, 0.29) is 6.04 Å². The van der Waals surface area contributed by atoms with Gasteiger partial charge in [0, 0.05) is 32.7 Å². The molecular formula is C15H29N3O. The zero-order valence-electron chi connectivity index (χ0n) is 12.5. The van der Waals surface area contributed by atoms with Gasteiger partial charge < -0.3 is 10.2 Å². The van der Waals surface area contributed by atoms with Gasteiger partial charge in [-0.1, -0.05) is 25.7 Å². The molecule has 2 rings (SSSR count). The number of rotatable bonds is 3. The van der Waals surface area contributed by atoms with E-state index in [1.807, 2.05) is 19.0 Å². The maximum atomic E-state index is 12.5. The van der Waals surface area contributed by atoms with Crippen LogP contribution >= 0.6 is 0 Å². The van der Waals surface area contributed by atoms with Crippen molar-refractivity contribution in [2.75, 3.05) is 33.7 Å². The van der Waals surface area contributed by atoms with Crippen molar-refractivity contribution < 1.29 is 4.79 Å². The molecule has 1 aliphatic carbocycles. The molecule has 110 valence electrons. The second kappa shape index (κ2) is 7.25. The van der Waals surface area contributed by atoms with Crippen LogP contribution in [0.4, 0.5) is 0 Å². The van der Waals surface area contributed by atoms with Gasteiger partial charge in [0.1, 0.15) is 6.04 Å². The molecule has 0 radical (unpaired) electrons. The molecule has 1 N–H and O–H groups in total. The molecular weight excluding hydrogens is 238 g/mol. The topological polar surface area (TPSA) is 35.6 Å². The normalized spacial score (nSPS) is 28.2. The van der Waals surface area contributed by atoms with E-state index < -0.39 is 0 Å². The van der Waals surface area contributed by atoms with E-state index in [0.717, 1.165) is 26.1 Å². The summed E-state index contributed by atoms with van der Waals surface area (Å²) in [4.78, 5) is 16.9. The summed E-state index contributed by atoms with van der Waals surface area (Å²) < 4.78 is 0. The lowest BCUT2D eigenvalue weighted by molar-refractivity contribution is -0.134. The summed E-state index contributed by atoms with van der Waals surface area (Å²) in [6.07, 6.45) is 9.06. The molecule has 0 aromatic carbocycles. The number of nitrogens with one attached hydrogen (secondary N) is 1. The average Bonchev–Trinajstić information content (AvgIpc) is 2.74. The third kappa shape index (κ3) is 3.69. The fourth-order valence-electron chi connectivity index (χ4n) is 3.58. The highest BCUT2D eigenvalue weighted by Gasteiger charge is 2.34. The predicted molar refractivity (Wildman–Crippen MR) is 78.2 cm³/mol. The second-order valence-electron chi connectivity index (χ2n) is 6.07. The molecule has 1 amide bonds. The summed E-state index contributed by atoms with van der Waals surface area (Å²) in [6.45, 7) is 2.76. The van der Waals surface area contributed by atoms with Crippen LogP contribution in [0, 0.1) is 0 Å². The molecule has 2 aliphatic rings. The van der Waals surface area contributed by atoms with Gasteiger partial charge in [0.05, 0.1) is 0 Å². The van der Waals surface area contributed by atoms with Crippen molar-refractivity contribution in [1.29, 1.82) is 0 Å². The van der Waals surface area contributed by atoms with Gasteiger partial charge in [0.25, 0.3) is 0 Å². The van der Waals surface area contributed by atoms with Crippen molar-refractivity contribution >= 4 is 5.91 Å². The zero-order chi connectivity index (χ0) is 13.7. The Morgan fingerprint density at radius 1 is 1.11 bits per heavy atom. The Kier molecular flexibility index (Phi) is 5.64. The standard InChI is InChI=1S/C15H29N3O/c1-16-12-14-15(19)17(2)10-7-11-18(14)13-8-5-3-4-6-9-13/h13-14,16H,3-12H2,1-2H3. The van der Waals surface area contributed by atoms with Gasteiger partial charge in [-0.05, 0) is 26.3 Å². The Morgan fingerprint density at radius 3 is 2.42 bits per heavy atom. The van der Waals surface area contributed by atoms with Crippen LogP contribution in [0.5, 0.6) is 0 Å². The zero-order valence-corrected chi connectivity index (χ0v) is 12.5. The summed E-state index contributed by atoms with van der Waals surface area (Å²) >= 11 is 0. The largest absolute Gasteiger partial charge is 0.344 e. The van der Waals surface area contributed by atoms with E-state index in [0.29, 0.717) is 11.9 Å². The maximum absolute atomic E-state index is 12.5. The highest BCUT2D eigenvalue weighted by atomic mass is 16.2. The van der Waals surface area contributed by atoms with Crippen molar-refractivity contribution in [3.63, 3.8) is 0 Å². The Bertz CT molecular complexity index is 287. The van der Waals surface area contributed by atoms with Crippen molar-refractivity contribution in [2.24, 2.45) is 0 Å². The molecule has 4 nitrogen and oxygen atoms in total. The number of hydrogen-bond acceptors (Lipinski definition) is 3. The molecule has 0 spiro atoms. The number of carbonyl (C=O) groups is 1. The third-order valence-electron chi connectivity index (χ3n) is 4.66. The molecule has 19 heavy (non-hydrogen) atoms. The molecule has 2 fully saturated rings. The van der Waals surface area contributed by atoms with E-state index in [1.54, 1.807) is 0 Å². The van der Waals surface area contributed by atoms with Gasteiger partial charge in [-0.15, -0.1) is 0 Å². The summed E-state index contributed by atoms with van der Waals surface area (Å²) in [5.41, 5.74) is 0. The smallest absolute Gasteiger partial charge is 0.240 e. The van der Waals surface area contributed by atoms with E-state index in [4.69, 9.17) is 0 Å². The van der Waals surface area contributed by atoms with Crippen molar-refractivity contribution in [2.45, 2.75) is 57.0 Å². The third-order valence-corrected chi connectivity index (χ3v) is 4.66. The molecule has 1 atom stereocenters. The van der Waals surface area contributed by atoms with Crippen molar-refractivity contribution in [3.05, 3.63) is 0 Å². The monoisotopic (exact) mass is 267 g/mol. The Balaban J connectivity index is 2.11. The lowest BCUT2D eigenvalue weighted by Gasteiger charge is -2.36. The van der Waals surface area contributed by atoms with E-state index >= 15 is 0 Å². The fraction of sp³-hybridized carbons (Fsp3) is 0.933. The highest BCUT2D eigenvalue weighted by Crippen LogP contribution is 2.25. The van der Waals surface area contributed by atoms with Crippen molar-refractivity contribution in [3.8, 4) is 0 Å². The number of hydrogen-bond donors (Lipinski definition) is 1. The first-order chi connectivity index (χ1) is 9.24. The molecule has 0 aromatic rings. The van der Waals surface area contributed by atoms with E-state index in [9.17, 15) is 4.79 Å². The second-order valence-corrected chi connectivity index (χ2v) is 6.07. The van der Waals surface area contributed by atoms with E-state index in [2.05, 4.69) is 10.2 Å². The molecule has 1 unspecified atom stereocenters. The van der Waals surface area contributed by atoms with Gasteiger partial charge in [-0.25, -0.2) is 0 Å². The predicted octanol–water partition coefficient (Wildman–Crippen LogP) is 1.46. The summed E-state index contributed by atoms with van der Waals surface area (Å²) in [7, 11) is 3.89. The minimum Gasteiger partial charge on any atom is -0.344 e. The number of likely N-dealkylation sites (N-methyl/N-ethyl adjacent to an activating group) is 2. The first-order valence-corrected chi connectivity index (χ1v) is 7.89. The lowest BCUT2D eigenvalue weighted by atomic mass is 10.0. The van der Waals surface area contributed by atoms with Crippen LogP contribution in [-0.4, -0.2) is 61.5 Å². The first kappa shape index (κ1) is 14.8. The summed E-state index contributed by atoms with van der Waals surface area (Å²) in [5.74, 6) is 0.302. The Morgan fingerprint density at radius 2 is 1.79 bits per heavy atom. The van der Waals surface area contributed by atoms with Gasteiger partial charge >= 0.3 is 0 Å². The van der Waals surface area contributed by atoms with Gasteiger partial charge in [-0.2, -0.15) is 0 Å². The highest BCUT2D eigenvalue weighted by molar-refractivity contribution is 5.82. The van der Waals surface area contributed by atoms with Gasteiger partial charge in [0.2, 0.25) is 5.91 Å². The average molecular weight is 267 g/mol. The van der Waals surface area contributed by atoms with Crippen LogP contribution in [0.25, 0.3) is 0 Å². The molecule has 1 heterocycles. The van der Waals surface area contributed by atoms with Crippen LogP contribution in [-0.2, 0) is 4.79 Å². The Labute approximate surface area is 117 Å². The molecule has 1 saturated carbocycles. The summed E-state index contributed by atoms with van der Waals surface area (Å²) in [5, 5.41) is 3.21. The Hall–Kier alpha value is -0.610. The number of amides is 1. The van der Waals surface area contributed by atoms with E-state index in [1.165, 1.54) is 38.5 Å². The van der Waals surface area contributed by atoms with Crippen LogP contribution in [0.1, 0.15) is 44.9 Å². The minimum absolute atomic E-state index is 0.0422. The fourth-order valence-corrected chi connectivity index (χ4v) is 3.58. The molecule has 4 heteroatoms. The molecule has 0 aromatic heterocycles.